The van der Waals surface area contributed by atoms with Crippen LogP contribution in [0.25, 0.3) is 0 Å². The molecule has 0 radical (unpaired) electrons. The van der Waals surface area contributed by atoms with Crippen molar-refractivity contribution in [2.24, 2.45) is 0 Å². The molecule has 0 aliphatic carbocycles. The summed E-state index contributed by atoms with van der Waals surface area (Å²) in [5, 5.41) is 0. The normalized spacial score (nSPS) is 11.0. The average molecular weight is 1020 g/mol. The van der Waals surface area contributed by atoms with E-state index < -0.39 is 0 Å². The van der Waals surface area contributed by atoms with Crippen LogP contribution in [0.1, 0.15) is 202 Å². The van der Waals surface area contributed by atoms with Crippen LogP contribution in [0.4, 0.5) is 0 Å². The smallest absolute Gasteiger partial charge is 0.306 e. The van der Waals surface area contributed by atoms with Gasteiger partial charge in [-0.3, -0.25) is 9.59 Å². The number of hydrogen-bond acceptors (Lipinski definition) is 6. The Labute approximate surface area is 373 Å². The van der Waals surface area contributed by atoms with Gasteiger partial charge in [-0.2, -0.15) is 9.13 Å². The molecule has 2 heterocycles. The zero-order valence-corrected chi connectivity index (χ0v) is 40.8. The van der Waals surface area contributed by atoms with Crippen LogP contribution in [0.15, 0.2) is 11.0 Å². The van der Waals surface area contributed by atoms with E-state index in [4.69, 9.17) is 9.47 Å². The zero-order chi connectivity index (χ0) is 37.5. The number of esters is 2. The number of ether oxygens (including phenoxy) is 2. The van der Waals surface area contributed by atoms with Crippen molar-refractivity contribution in [1.82, 2.24) is 0 Å². The highest BCUT2D eigenvalue weighted by atomic mass is 127. The maximum Gasteiger partial charge on any atom is 0.306 e. The second-order valence-corrected chi connectivity index (χ2v) is 16.9. The van der Waals surface area contributed by atoms with E-state index >= 15 is 0 Å². The molecule has 0 N–H and O–H groups in total. The molecule has 10 heteroatoms. The fraction of sp³-hybridized carbons (Fsp3) is 0.818. The molecule has 0 amide bonds. The lowest BCUT2D eigenvalue weighted by Gasteiger charge is -2.05. The molecular formula is C44H78I2N2O4S2. The van der Waals surface area contributed by atoms with Crippen molar-refractivity contribution in [2.45, 2.75) is 221 Å². The highest BCUT2D eigenvalue weighted by Gasteiger charge is 2.17. The molecule has 314 valence electrons. The molecule has 0 unspecified atom stereocenters. The van der Waals surface area contributed by atoms with Gasteiger partial charge in [-0.25, -0.2) is 0 Å². The molecule has 2 aromatic heterocycles. The summed E-state index contributed by atoms with van der Waals surface area (Å²) < 4.78 is 15.6. The van der Waals surface area contributed by atoms with E-state index in [1.165, 1.54) is 175 Å². The number of aryl methyl sites for hydroxylation is 2. The quantitative estimate of drug-likeness (QED) is 0.0365. The maximum absolute atomic E-state index is 12.3. The van der Waals surface area contributed by atoms with Crippen LogP contribution in [-0.4, -0.2) is 25.2 Å². The number of halogens is 2. The Balaban J connectivity index is 0.0000140. The fourth-order valence-electron chi connectivity index (χ4n) is 6.93. The van der Waals surface area contributed by atoms with Crippen molar-refractivity contribution in [2.75, 3.05) is 13.2 Å². The summed E-state index contributed by atoms with van der Waals surface area (Å²) in [4.78, 5) is 27.1. The number of carbonyl (C=O) groups is 2. The van der Waals surface area contributed by atoms with E-state index in [9.17, 15) is 9.59 Å². The first kappa shape index (κ1) is 53.7. The van der Waals surface area contributed by atoms with E-state index in [0.29, 0.717) is 13.2 Å². The van der Waals surface area contributed by atoms with Crippen molar-refractivity contribution in [3.8, 4) is 0 Å². The van der Waals surface area contributed by atoms with Gasteiger partial charge >= 0.3 is 11.9 Å². The standard InChI is InChI=1S/C44H78N2O4S2.2HI/c1-5-7-9-11-13-15-17-19-21-23-25-27-33-45-37-51-41(39(45)3)31-35-49-43(47)29-30-44(48)50-36-32-42-40(4)46(38-52-42)34-28-26-24-22-20-18-16-14-12-10-8-6-2;;/h37-38H,5-36H2,1-4H3;2*1H/q+2;;/p-2. The summed E-state index contributed by atoms with van der Waals surface area (Å²) in [6.07, 6.45) is 34.4. The molecule has 0 aromatic carbocycles. The van der Waals surface area contributed by atoms with Gasteiger partial charge in [0.05, 0.1) is 35.8 Å². The van der Waals surface area contributed by atoms with Crippen molar-refractivity contribution in [3.05, 3.63) is 32.2 Å². The third-order valence-electron chi connectivity index (χ3n) is 10.5. The highest BCUT2D eigenvalue weighted by molar-refractivity contribution is 7.09. The van der Waals surface area contributed by atoms with E-state index in [1.807, 2.05) is 0 Å². The van der Waals surface area contributed by atoms with E-state index in [1.54, 1.807) is 22.7 Å². The number of aromatic nitrogens is 2. The second kappa shape index (κ2) is 37.0. The molecule has 0 fully saturated rings. The molecule has 0 aliphatic rings. The van der Waals surface area contributed by atoms with Crippen LogP contribution in [0, 0.1) is 13.8 Å². The van der Waals surface area contributed by atoms with Crippen LogP contribution < -0.4 is 57.1 Å². The molecular weight excluding hydrogens is 938 g/mol. The molecule has 2 aromatic rings. The van der Waals surface area contributed by atoms with Gasteiger partial charge in [0.1, 0.15) is 13.1 Å². The summed E-state index contributed by atoms with van der Waals surface area (Å²) in [6, 6.07) is 0. The van der Waals surface area contributed by atoms with Crippen molar-refractivity contribution in [1.29, 1.82) is 0 Å². The lowest BCUT2D eigenvalue weighted by molar-refractivity contribution is -0.698. The number of rotatable bonds is 35. The Kier molecular flexibility index (Phi) is 36.7. The Morgan fingerprint density at radius 3 is 1.06 bits per heavy atom. The predicted octanol–water partition coefficient (Wildman–Crippen LogP) is 6.06. The third-order valence-corrected chi connectivity index (χ3v) is 12.8. The predicted molar refractivity (Wildman–Crippen MR) is 219 cm³/mol. The molecule has 6 nitrogen and oxygen atoms in total. The number of nitrogens with zero attached hydrogens (tertiary/aromatic N) is 2. The molecule has 0 saturated carbocycles. The fourth-order valence-corrected chi connectivity index (χ4v) is 8.95. The first-order chi connectivity index (χ1) is 25.5. The van der Waals surface area contributed by atoms with Gasteiger partial charge in [0, 0.05) is 39.5 Å². The molecule has 0 saturated heterocycles. The Hall–Kier alpha value is -0.340. The van der Waals surface area contributed by atoms with Gasteiger partial charge in [-0.15, -0.1) is 0 Å². The summed E-state index contributed by atoms with van der Waals surface area (Å²) in [7, 11) is 0. The third kappa shape index (κ3) is 26.6. The Morgan fingerprint density at radius 2 is 0.759 bits per heavy atom. The van der Waals surface area contributed by atoms with Gasteiger partial charge in [0.25, 0.3) is 0 Å². The first-order valence-corrected chi connectivity index (χ1v) is 23.5. The van der Waals surface area contributed by atoms with Crippen molar-refractivity contribution < 1.29 is 76.2 Å². The zero-order valence-electron chi connectivity index (χ0n) is 34.9. The maximum atomic E-state index is 12.3. The Morgan fingerprint density at radius 1 is 0.481 bits per heavy atom. The van der Waals surface area contributed by atoms with Gasteiger partial charge in [-0.05, 0) is 12.8 Å². The minimum atomic E-state index is -0.330. The molecule has 0 aliphatic heterocycles. The largest absolute Gasteiger partial charge is 1.00 e. The first-order valence-electron chi connectivity index (χ1n) is 21.7. The summed E-state index contributed by atoms with van der Waals surface area (Å²) in [6.45, 7) is 11.7. The molecule has 0 spiro atoms. The van der Waals surface area contributed by atoms with Gasteiger partial charge in [-0.1, -0.05) is 165 Å². The van der Waals surface area contributed by atoms with Gasteiger partial charge in [0.2, 0.25) is 11.0 Å². The summed E-state index contributed by atoms with van der Waals surface area (Å²) >= 11 is 3.49. The van der Waals surface area contributed by atoms with Crippen LogP contribution >= 0.6 is 22.7 Å². The number of hydrogen-bond donors (Lipinski definition) is 0. The SMILES string of the molecule is CCCCCCCCCCCCCC[n+]1csc(CCOC(=O)CCC(=O)OCCc2sc[n+](CCCCCCCCCCCCCC)c2C)c1C.[I-].[I-]. The highest BCUT2D eigenvalue weighted by Crippen LogP contribution is 2.16. The lowest BCUT2D eigenvalue weighted by atomic mass is 10.1. The van der Waals surface area contributed by atoms with Crippen LogP contribution in [0.5, 0.6) is 0 Å². The minimum absolute atomic E-state index is 0. The van der Waals surface area contributed by atoms with Crippen molar-refractivity contribution in [3.63, 3.8) is 0 Å². The minimum Gasteiger partial charge on any atom is -1.00 e. The van der Waals surface area contributed by atoms with Crippen LogP contribution in [0.2, 0.25) is 0 Å². The molecule has 2 rings (SSSR count). The van der Waals surface area contributed by atoms with E-state index in [0.717, 1.165) is 25.9 Å². The number of unbranched alkanes of at least 4 members (excludes halogenated alkanes) is 22. The average Bonchev–Trinajstić information content (AvgIpc) is 3.68. The summed E-state index contributed by atoms with van der Waals surface area (Å²) in [5.74, 6) is -0.660. The lowest BCUT2D eigenvalue weighted by Crippen LogP contribution is -3.00. The molecule has 54 heavy (non-hydrogen) atoms. The summed E-state index contributed by atoms with van der Waals surface area (Å²) in [5.41, 5.74) is 6.98. The van der Waals surface area contributed by atoms with E-state index in [2.05, 4.69) is 47.9 Å². The second-order valence-electron chi connectivity index (χ2n) is 15.1. The number of thiazole rings is 2. The van der Waals surface area contributed by atoms with Crippen LogP contribution in [0.3, 0.4) is 0 Å². The molecule has 0 atom stereocenters. The van der Waals surface area contributed by atoms with Gasteiger partial charge in [0.15, 0.2) is 11.4 Å². The van der Waals surface area contributed by atoms with Gasteiger partial charge < -0.3 is 57.4 Å². The van der Waals surface area contributed by atoms with E-state index in [-0.39, 0.29) is 72.7 Å². The van der Waals surface area contributed by atoms with Crippen molar-refractivity contribution >= 4 is 34.6 Å². The van der Waals surface area contributed by atoms with Crippen LogP contribution in [-0.2, 0) is 45.0 Å². The topological polar surface area (TPSA) is 60.4 Å². The molecule has 0 bridgehead atoms. The number of carbonyl (C=O) groups excluding carboxylic acids is 2. The Bertz CT molecular complexity index is 1100. The monoisotopic (exact) mass is 1020 g/mol.